The summed E-state index contributed by atoms with van der Waals surface area (Å²) in [5.74, 6) is -2.13. The largest absolute Gasteiger partial charge is 0.370 e. The SMILES string of the molecule is CCC(C)(C)C(=O)[C@@H]1CCCN1C(=O)C(C)NC(=O)[C@H](CCC(N)=O)NC(=O)CN.CCCC. The summed E-state index contributed by atoms with van der Waals surface area (Å²) in [4.78, 5) is 62.6. The van der Waals surface area contributed by atoms with E-state index < -0.39 is 41.3 Å². The number of likely N-dealkylation sites (tertiary alicyclic amines) is 1. The third-order valence-electron chi connectivity index (χ3n) is 6.14. The first-order valence-electron chi connectivity index (χ1n) is 12.3. The molecule has 0 radical (unpaired) electrons. The fraction of sp³-hybridized carbons (Fsp3) is 0.792. The summed E-state index contributed by atoms with van der Waals surface area (Å²) in [6.07, 6.45) is 4.50. The minimum Gasteiger partial charge on any atom is -0.370 e. The minimum atomic E-state index is -1.04. The summed E-state index contributed by atoms with van der Waals surface area (Å²) in [6, 6.07) is -2.45. The fourth-order valence-corrected chi connectivity index (χ4v) is 3.36. The molecule has 6 N–H and O–H groups in total. The molecule has 1 fully saturated rings. The lowest BCUT2D eigenvalue weighted by Crippen LogP contribution is -2.56. The summed E-state index contributed by atoms with van der Waals surface area (Å²) in [7, 11) is 0. The molecule has 1 aliphatic heterocycles. The highest BCUT2D eigenvalue weighted by Gasteiger charge is 2.41. The number of carbonyl (C=O) groups is 5. The molecule has 10 heteroatoms. The van der Waals surface area contributed by atoms with Crippen molar-refractivity contribution in [2.75, 3.05) is 13.1 Å². The summed E-state index contributed by atoms with van der Waals surface area (Å²) >= 11 is 0. The van der Waals surface area contributed by atoms with Crippen LogP contribution in [0.25, 0.3) is 0 Å². The first kappa shape index (κ1) is 31.5. The Morgan fingerprint density at radius 3 is 2.12 bits per heavy atom. The van der Waals surface area contributed by atoms with E-state index in [0.29, 0.717) is 19.4 Å². The summed E-state index contributed by atoms with van der Waals surface area (Å²) in [5.41, 5.74) is 9.86. The molecule has 1 saturated heterocycles. The van der Waals surface area contributed by atoms with Gasteiger partial charge < -0.3 is 27.0 Å². The molecule has 0 bridgehead atoms. The van der Waals surface area contributed by atoms with Gasteiger partial charge in [-0.15, -0.1) is 0 Å². The van der Waals surface area contributed by atoms with Crippen molar-refractivity contribution in [3.05, 3.63) is 0 Å². The molecular weight excluding hydrogens is 438 g/mol. The molecule has 1 rings (SSSR count). The Balaban J connectivity index is 0.00000251. The molecule has 0 aliphatic carbocycles. The lowest BCUT2D eigenvalue weighted by Gasteiger charge is -2.32. The molecule has 1 unspecified atom stereocenters. The van der Waals surface area contributed by atoms with E-state index in [4.69, 9.17) is 11.5 Å². The molecule has 1 heterocycles. The Morgan fingerprint density at radius 2 is 1.65 bits per heavy atom. The molecule has 3 atom stereocenters. The zero-order valence-electron chi connectivity index (χ0n) is 21.7. The first-order chi connectivity index (χ1) is 15.9. The number of Topliss-reactive ketones (excluding diaryl/α,β-unsaturated/α-hetero) is 1. The molecule has 0 aromatic heterocycles. The second kappa shape index (κ2) is 15.4. The third-order valence-corrected chi connectivity index (χ3v) is 6.14. The zero-order valence-corrected chi connectivity index (χ0v) is 21.7. The van der Waals surface area contributed by atoms with E-state index in [0.717, 1.165) is 6.42 Å². The lowest BCUT2D eigenvalue weighted by molar-refractivity contribution is -0.143. The molecule has 0 saturated carbocycles. The van der Waals surface area contributed by atoms with Gasteiger partial charge >= 0.3 is 0 Å². The van der Waals surface area contributed by atoms with Crippen molar-refractivity contribution in [3.63, 3.8) is 0 Å². The van der Waals surface area contributed by atoms with Crippen molar-refractivity contribution < 1.29 is 24.0 Å². The van der Waals surface area contributed by atoms with Crippen LogP contribution in [0.4, 0.5) is 0 Å². The summed E-state index contributed by atoms with van der Waals surface area (Å²) < 4.78 is 0. The molecule has 1 aliphatic rings. The third kappa shape index (κ3) is 10.2. The molecule has 4 amide bonds. The van der Waals surface area contributed by atoms with Gasteiger partial charge in [-0.1, -0.05) is 47.5 Å². The second-order valence-electron chi connectivity index (χ2n) is 9.35. The average molecular weight is 484 g/mol. The van der Waals surface area contributed by atoms with Gasteiger partial charge in [0, 0.05) is 18.4 Å². The number of amides is 4. The van der Waals surface area contributed by atoms with Crippen molar-refractivity contribution in [1.29, 1.82) is 0 Å². The van der Waals surface area contributed by atoms with E-state index in [-0.39, 0.29) is 31.1 Å². The van der Waals surface area contributed by atoms with Crippen LogP contribution < -0.4 is 22.1 Å². The highest BCUT2D eigenvalue weighted by molar-refractivity contribution is 5.96. The molecule has 0 aromatic rings. The van der Waals surface area contributed by atoms with Gasteiger partial charge in [0.1, 0.15) is 12.1 Å². The smallest absolute Gasteiger partial charge is 0.245 e. The van der Waals surface area contributed by atoms with Crippen LogP contribution in [0.1, 0.15) is 86.5 Å². The normalized spacial score (nSPS) is 17.1. The highest BCUT2D eigenvalue weighted by atomic mass is 16.2. The van der Waals surface area contributed by atoms with Gasteiger partial charge in [-0.2, -0.15) is 0 Å². The number of hydrogen-bond acceptors (Lipinski definition) is 6. The van der Waals surface area contributed by atoms with E-state index in [1.54, 1.807) is 0 Å². The van der Waals surface area contributed by atoms with E-state index in [9.17, 15) is 24.0 Å². The highest BCUT2D eigenvalue weighted by Crippen LogP contribution is 2.30. The quantitative estimate of drug-likeness (QED) is 0.323. The van der Waals surface area contributed by atoms with Gasteiger partial charge in [0.15, 0.2) is 5.78 Å². The number of rotatable bonds is 12. The fourth-order valence-electron chi connectivity index (χ4n) is 3.36. The predicted octanol–water partition coefficient (Wildman–Crippen LogP) is 1.00. The van der Waals surface area contributed by atoms with Crippen LogP contribution in [0.5, 0.6) is 0 Å². The number of unbranched alkanes of at least 4 members (excludes halogenated alkanes) is 1. The number of hydrogen-bond donors (Lipinski definition) is 4. The number of nitrogens with zero attached hydrogens (tertiary/aromatic N) is 1. The van der Waals surface area contributed by atoms with Gasteiger partial charge in [0.25, 0.3) is 0 Å². The van der Waals surface area contributed by atoms with Crippen LogP contribution in [0, 0.1) is 5.41 Å². The number of nitrogens with one attached hydrogen (secondary N) is 2. The van der Waals surface area contributed by atoms with Crippen molar-refractivity contribution in [3.8, 4) is 0 Å². The van der Waals surface area contributed by atoms with Crippen LogP contribution in [0.2, 0.25) is 0 Å². The number of primary amides is 1. The van der Waals surface area contributed by atoms with Gasteiger partial charge in [0.05, 0.1) is 12.6 Å². The maximum atomic E-state index is 13.0. The first-order valence-corrected chi connectivity index (χ1v) is 12.3. The lowest BCUT2D eigenvalue weighted by atomic mass is 9.81. The standard InChI is InChI=1S/C20H35N5O5.C4H10/c1-5-20(3,4)17(28)14-7-6-10-25(14)19(30)12(2)23-18(29)13(8-9-15(22)26)24-16(27)11-21;1-3-4-2/h12-14H,5-11,21H2,1-4H3,(H2,22,26)(H,23,29)(H,24,27);3-4H2,1-2H3/t12?,13-,14-;/m0./s1. The molecule has 0 spiro atoms. The van der Waals surface area contributed by atoms with Crippen LogP contribution in [0.15, 0.2) is 0 Å². The Labute approximate surface area is 203 Å². The van der Waals surface area contributed by atoms with E-state index in [1.807, 2.05) is 20.8 Å². The molecule has 34 heavy (non-hydrogen) atoms. The van der Waals surface area contributed by atoms with Crippen LogP contribution in [0.3, 0.4) is 0 Å². The topological polar surface area (TPSA) is 165 Å². The summed E-state index contributed by atoms with van der Waals surface area (Å²) in [6.45, 7) is 11.7. The van der Waals surface area contributed by atoms with E-state index >= 15 is 0 Å². The van der Waals surface area contributed by atoms with Crippen LogP contribution >= 0.6 is 0 Å². The zero-order chi connectivity index (χ0) is 26.5. The van der Waals surface area contributed by atoms with Crippen LogP contribution in [-0.2, 0) is 24.0 Å². The van der Waals surface area contributed by atoms with E-state index in [2.05, 4.69) is 24.5 Å². The number of nitrogens with two attached hydrogens (primary N) is 2. The van der Waals surface area contributed by atoms with Crippen molar-refractivity contribution in [2.24, 2.45) is 16.9 Å². The Morgan fingerprint density at radius 1 is 1.06 bits per heavy atom. The average Bonchev–Trinajstić information content (AvgIpc) is 3.29. The Bertz CT molecular complexity index is 708. The molecule has 10 nitrogen and oxygen atoms in total. The number of ketones is 1. The predicted molar refractivity (Wildman–Crippen MR) is 131 cm³/mol. The second-order valence-corrected chi connectivity index (χ2v) is 9.35. The van der Waals surface area contributed by atoms with Crippen molar-refractivity contribution >= 4 is 29.4 Å². The van der Waals surface area contributed by atoms with Gasteiger partial charge in [-0.3, -0.25) is 24.0 Å². The van der Waals surface area contributed by atoms with Gasteiger partial charge in [-0.25, -0.2) is 0 Å². The maximum absolute atomic E-state index is 13.0. The molecule has 0 aromatic carbocycles. The van der Waals surface area contributed by atoms with E-state index in [1.165, 1.54) is 24.7 Å². The van der Waals surface area contributed by atoms with Crippen molar-refractivity contribution in [1.82, 2.24) is 15.5 Å². The summed E-state index contributed by atoms with van der Waals surface area (Å²) in [5, 5.41) is 5.00. The van der Waals surface area contributed by atoms with Gasteiger partial charge in [0.2, 0.25) is 23.6 Å². The maximum Gasteiger partial charge on any atom is 0.245 e. The molecule has 196 valence electrons. The van der Waals surface area contributed by atoms with Crippen molar-refractivity contribution in [2.45, 2.75) is 105 Å². The van der Waals surface area contributed by atoms with Gasteiger partial charge in [-0.05, 0) is 32.6 Å². The molecular formula is C24H45N5O5. The van der Waals surface area contributed by atoms with Crippen LogP contribution in [-0.4, -0.2) is 65.5 Å². The monoisotopic (exact) mass is 483 g/mol. The Kier molecular flexibility index (Phi) is 14.3. The minimum absolute atomic E-state index is 0.0106. The number of carbonyl (C=O) groups excluding carboxylic acids is 5. The Hall–Kier alpha value is -2.49.